The van der Waals surface area contributed by atoms with E-state index in [1.807, 2.05) is 12.1 Å². The van der Waals surface area contributed by atoms with E-state index in [1.54, 1.807) is 47.9 Å². The maximum absolute atomic E-state index is 15.6. The van der Waals surface area contributed by atoms with E-state index in [2.05, 4.69) is 4.99 Å². The lowest BCUT2D eigenvalue weighted by Crippen LogP contribution is -2.43. The van der Waals surface area contributed by atoms with Gasteiger partial charge in [-0.15, -0.1) is 0 Å². The zero-order chi connectivity index (χ0) is 26.8. The van der Waals surface area contributed by atoms with Gasteiger partial charge in [0.15, 0.2) is 0 Å². The Hall–Kier alpha value is -3.65. The number of aliphatic imine (C=N–C) groups is 1. The normalized spacial score (nSPS) is 21.8. The molecular weight excluding hydrogens is 488 g/mol. The first-order chi connectivity index (χ1) is 18.0. The first-order valence-corrected chi connectivity index (χ1v) is 13.0. The van der Waals surface area contributed by atoms with Gasteiger partial charge < -0.3 is 10.0 Å². The molecule has 3 aliphatic rings. The molecule has 8 heteroatoms. The van der Waals surface area contributed by atoms with Gasteiger partial charge in [0.2, 0.25) is 0 Å². The second-order valence-corrected chi connectivity index (χ2v) is 11.2. The summed E-state index contributed by atoms with van der Waals surface area (Å²) in [6.45, 7) is 4.74. The average Bonchev–Trinajstić information content (AvgIpc) is 3.39. The van der Waals surface area contributed by atoms with Crippen LogP contribution in [0.1, 0.15) is 38.7 Å². The van der Waals surface area contributed by atoms with Crippen LogP contribution < -0.4 is 0 Å². The van der Waals surface area contributed by atoms with E-state index in [9.17, 15) is 19.1 Å². The highest BCUT2D eigenvalue weighted by atomic mass is 19.1. The number of nitrogens with zero attached hydrogens (tertiary/aromatic N) is 3. The third-order valence-electron chi connectivity index (χ3n) is 7.89. The fourth-order valence-electron chi connectivity index (χ4n) is 5.50. The Morgan fingerprint density at radius 3 is 2.45 bits per heavy atom. The SMILES string of the molecule is CC1(C)N=C(c2ccc(-c3ccc4cc(F)ccc4c3)cc2F)N(C[C@@H]2CCN(C(=O)C3(O)CC3)C2)C1=O. The minimum absolute atomic E-state index is 0.00845. The number of amidine groups is 1. The minimum atomic E-state index is -1.21. The number of carbonyl (C=O) groups excluding carboxylic acids is 2. The number of fused-ring (bicyclic) bond motifs is 1. The van der Waals surface area contributed by atoms with Crippen molar-refractivity contribution in [3.05, 3.63) is 71.8 Å². The van der Waals surface area contributed by atoms with Crippen molar-refractivity contribution >= 4 is 28.4 Å². The highest BCUT2D eigenvalue weighted by molar-refractivity contribution is 6.15. The van der Waals surface area contributed by atoms with Crippen LogP contribution in [0.25, 0.3) is 21.9 Å². The molecule has 0 aromatic heterocycles. The van der Waals surface area contributed by atoms with Crippen molar-refractivity contribution in [3.8, 4) is 11.1 Å². The van der Waals surface area contributed by atoms with E-state index in [4.69, 9.17) is 0 Å². The summed E-state index contributed by atoms with van der Waals surface area (Å²) in [7, 11) is 0. The zero-order valence-corrected chi connectivity index (χ0v) is 21.4. The molecule has 0 unspecified atom stereocenters. The van der Waals surface area contributed by atoms with Crippen LogP contribution in [-0.4, -0.2) is 63.3 Å². The van der Waals surface area contributed by atoms with Gasteiger partial charge in [0.25, 0.3) is 11.8 Å². The quantitative estimate of drug-likeness (QED) is 0.541. The Bertz CT molecular complexity index is 1510. The van der Waals surface area contributed by atoms with Crippen molar-refractivity contribution in [2.45, 2.75) is 44.2 Å². The number of halogens is 2. The molecule has 2 aliphatic heterocycles. The van der Waals surface area contributed by atoms with E-state index in [-0.39, 0.29) is 29.1 Å². The van der Waals surface area contributed by atoms with Gasteiger partial charge in [-0.2, -0.15) is 0 Å². The average molecular weight is 518 g/mol. The molecule has 0 spiro atoms. The minimum Gasteiger partial charge on any atom is -0.380 e. The lowest BCUT2D eigenvalue weighted by Gasteiger charge is -2.25. The zero-order valence-electron chi connectivity index (χ0n) is 21.4. The van der Waals surface area contributed by atoms with Gasteiger partial charge in [-0.05, 0) is 91.3 Å². The Labute approximate surface area is 219 Å². The summed E-state index contributed by atoms with van der Waals surface area (Å²) in [4.78, 5) is 33.7. The molecule has 1 atom stereocenters. The van der Waals surface area contributed by atoms with E-state index >= 15 is 4.39 Å². The van der Waals surface area contributed by atoms with E-state index in [0.717, 1.165) is 16.3 Å². The van der Waals surface area contributed by atoms with Crippen molar-refractivity contribution in [3.63, 3.8) is 0 Å². The van der Waals surface area contributed by atoms with Crippen LogP contribution in [0.2, 0.25) is 0 Å². The van der Waals surface area contributed by atoms with Crippen molar-refractivity contribution in [1.82, 2.24) is 9.80 Å². The number of aliphatic hydroxyl groups is 1. The maximum Gasteiger partial charge on any atom is 0.255 e. The Morgan fingerprint density at radius 2 is 1.71 bits per heavy atom. The fraction of sp³-hybridized carbons (Fsp3) is 0.367. The third-order valence-corrected chi connectivity index (χ3v) is 7.89. The van der Waals surface area contributed by atoms with E-state index < -0.39 is 17.0 Å². The number of likely N-dealkylation sites (tertiary alicyclic amines) is 1. The second kappa shape index (κ2) is 8.70. The molecule has 3 aromatic rings. The number of carbonyl (C=O) groups is 2. The first-order valence-electron chi connectivity index (χ1n) is 13.0. The van der Waals surface area contributed by atoms with Crippen LogP contribution in [0.5, 0.6) is 0 Å². The molecule has 1 aliphatic carbocycles. The van der Waals surface area contributed by atoms with Crippen LogP contribution in [0, 0.1) is 17.6 Å². The van der Waals surface area contributed by atoms with Crippen molar-refractivity contribution in [2.75, 3.05) is 19.6 Å². The molecule has 3 aromatic carbocycles. The predicted octanol–water partition coefficient (Wildman–Crippen LogP) is 4.53. The summed E-state index contributed by atoms with van der Waals surface area (Å²) < 4.78 is 29.1. The van der Waals surface area contributed by atoms with Gasteiger partial charge in [-0.25, -0.2) is 8.78 Å². The van der Waals surface area contributed by atoms with Crippen LogP contribution in [0.15, 0.2) is 59.6 Å². The monoisotopic (exact) mass is 517 g/mol. The highest BCUT2D eigenvalue weighted by Crippen LogP contribution is 2.38. The Balaban J connectivity index is 1.25. The third kappa shape index (κ3) is 4.26. The molecular formula is C30H29F2N3O3. The molecule has 2 fully saturated rings. The van der Waals surface area contributed by atoms with Gasteiger partial charge in [-0.3, -0.25) is 19.5 Å². The van der Waals surface area contributed by atoms with Crippen molar-refractivity contribution < 1.29 is 23.5 Å². The van der Waals surface area contributed by atoms with Crippen LogP contribution >= 0.6 is 0 Å². The summed E-state index contributed by atoms with van der Waals surface area (Å²) in [5, 5.41) is 11.8. The van der Waals surface area contributed by atoms with Gasteiger partial charge in [0.05, 0.1) is 5.56 Å². The number of rotatable bonds is 5. The van der Waals surface area contributed by atoms with E-state index in [0.29, 0.717) is 50.3 Å². The molecule has 2 amide bonds. The number of amides is 2. The largest absolute Gasteiger partial charge is 0.380 e. The van der Waals surface area contributed by atoms with E-state index in [1.165, 1.54) is 18.2 Å². The lowest BCUT2D eigenvalue weighted by atomic mass is 9.99. The van der Waals surface area contributed by atoms with Gasteiger partial charge in [0, 0.05) is 19.6 Å². The Kier molecular flexibility index (Phi) is 5.65. The van der Waals surface area contributed by atoms with Crippen LogP contribution in [0.4, 0.5) is 8.78 Å². The molecule has 1 N–H and O–H groups in total. The second-order valence-electron chi connectivity index (χ2n) is 11.2. The molecule has 0 bridgehead atoms. The topological polar surface area (TPSA) is 73.2 Å². The summed E-state index contributed by atoms with van der Waals surface area (Å²) >= 11 is 0. The molecule has 6 nitrogen and oxygen atoms in total. The van der Waals surface area contributed by atoms with Crippen LogP contribution in [0.3, 0.4) is 0 Å². The molecule has 6 rings (SSSR count). The van der Waals surface area contributed by atoms with Gasteiger partial charge in [0.1, 0.15) is 28.6 Å². The fourth-order valence-corrected chi connectivity index (χ4v) is 5.50. The number of hydrogen-bond donors (Lipinski definition) is 1. The molecule has 1 saturated carbocycles. The predicted molar refractivity (Wildman–Crippen MR) is 140 cm³/mol. The highest BCUT2D eigenvalue weighted by Gasteiger charge is 2.51. The van der Waals surface area contributed by atoms with Crippen molar-refractivity contribution in [1.29, 1.82) is 0 Å². The van der Waals surface area contributed by atoms with Gasteiger partial charge >= 0.3 is 0 Å². The summed E-state index contributed by atoms with van der Waals surface area (Å²) in [6, 6.07) is 15.0. The smallest absolute Gasteiger partial charge is 0.255 e. The first kappa shape index (κ1) is 24.7. The summed E-state index contributed by atoms with van der Waals surface area (Å²) in [5.41, 5.74) is -0.529. The maximum atomic E-state index is 15.6. The molecule has 2 heterocycles. The number of benzene rings is 3. The standard InChI is InChI=1S/C30H29F2N3O3/c1-29(2)27(36)35(17-18-9-12-34(16-18)28(37)30(38)10-11-30)26(33-29)24-8-6-22(15-25(24)32)19-3-4-21-14-23(31)7-5-20(21)13-19/h3-8,13-15,18,38H,9-12,16-17H2,1-2H3/t18-/m1/s1. The molecule has 0 radical (unpaired) electrons. The van der Waals surface area contributed by atoms with Crippen LogP contribution in [-0.2, 0) is 9.59 Å². The molecule has 1 saturated heterocycles. The molecule has 196 valence electrons. The molecule has 38 heavy (non-hydrogen) atoms. The Morgan fingerprint density at radius 1 is 1.03 bits per heavy atom. The summed E-state index contributed by atoms with van der Waals surface area (Å²) in [6.07, 6.45) is 1.69. The van der Waals surface area contributed by atoms with Crippen molar-refractivity contribution in [2.24, 2.45) is 10.9 Å². The lowest BCUT2D eigenvalue weighted by molar-refractivity contribution is -0.141. The van der Waals surface area contributed by atoms with Gasteiger partial charge in [-0.1, -0.05) is 24.3 Å². The summed E-state index contributed by atoms with van der Waals surface area (Å²) in [5.74, 6) is -0.934. The number of hydrogen-bond acceptors (Lipinski definition) is 4.